The Hall–Kier alpha value is -4.96. The molecule has 0 saturated heterocycles. The second-order valence-corrected chi connectivity index (χ2v) is 11.8. The van der Waals surface area contributed by atoms with Crippen molar-refractivity contribution in [2.24, 2.45) is 0 Å². The number of anilines is 2. The first kappa shape index (κ1) is 28.6. The Morgan fingerprint density at radius 3 is 2.31 bits per heavy atom. The molecule has 42 heavy (non-hydrogen) atoms. The minimum absolute atomic E-state index is 0.0771. The third-order valence-electron chi connectivity index (χ3n) is 6.11. The summed E-state index contributed by atoms with van der Waals surface area (Å²) in [6.07, 6.45) is 1.20. The molecule has 2 heterocycles. The Bertz CT molecular complexity index is 1720. The zero-order chi connectivity index (χ0) is 29.7. The highest BCUT2D eigenvalue weighted by molar-refractivity contribution is 7.20. The third-order valence-corrected chi connectivity index (χ3v) is 7.20. The lowest BCUT2D eigenvalue weighted by Gasteiger charge is -2.19. The molecule has 3 N–H and O–H groups in total. The fourth-order valence-electron chi connectivity index (χ4n) is 4.20. The predicted octanol–water partition coefficient (Wildman–Crippen LogP) is 6.55. The van der Waals surface area contributed by atoms with Crippen LogP contribution in [0.4, 0.5) is 16.3 Å². The lowest BCUT2D eigenvalue weighted by molar-refractivity contribution is -0.120. The summed E-state index contributed by atoms with van der Waals surface area (Å²) in [6.45, 7) is 5.78. The number of nitrogens with zero attached hydrogens (tertiary/aromatic N) is 2. The fraction of sp³-hybridized carbons (Fsp3) is 0.188. The molecule has 3 aromatic carbocycles. The van der Waals surface area contributed by atoms with Crippen LogP contribution in [0.5, 0.6) is 0 Å². The Morgan fingerprint density at radius 1 is 0.881 bits per heavy atom. The SMILES string of the molecule is CC(C)(C)OC(=O)Nc1cn(-c2ccccc2)nc1NC(=O)c1cc2ccc(CC(=O)NCc3ccccc3)cc2s1. The van der Waals surface area contributed by atoms with E-state index < -0.39 is 11.7 Å². The summed E-state index contributed by atoms with van der Waals surface area (Å²) in [5.74, 6) is -0.265. The first-order valence-electron chi connectivity index (χ1n) is 13.4. The van der Waals surface area contributed by atoms with Gasteiger partial charge in [0.1, 0.15) is 11.3 Å². The average Bonchev–Trinajstić information content (AvgIpc) is 3.56. The monoisotopic (exact) mass is 581 g/mol. The summed E-state index contributed by atoms with van der Waals surface area (Å²) in [4.78, 5) is 38.8. The number of hydrogen-bond donors (Lipinski definition) is 3. The Kier molecular flexibility index (Phi) is 8.35. The van der Waals surface area contributed by atoms with Crippen molar-refractivity contribution in [2.75, 3.05) is 10.6 Å². The summed E-state index contributed by atoms with van der Waals surface area (Å²) in [7, 11) is 0. The molecule has 3 amide bonds. The second kappa shape index (κ2) is 12.3. The highest BCUT2D eigenvalue weighted by Crippen LogP contribution is 2.29. The molecule has 0 aliphatic carbocycles. The lowest BCUT2D eigenvalue weighted by Crippen LogP contribution is -2.27. The maximum atomic E-state index is 13.3. The first-order chi connectivity index (χ1) is 20.1. The molecule has 0 aliphatic rings. The second-order valence-electron chi connectivity index (χ2n) is 10.7. The predicted molar refractivity (Wildman–Crippen MR) is 165 cm³/mol. The van der Waals surface area contributed by atoms with Crippen LogP contribution in [0.2, 0.25) is 0 Å². The average molecular weight is 582 g/mol. The first-order valence-corrected chi connectivity index (χ1v) is 14.2. The van der Waals surface area contributed by atoms with E-state index in [2.05, 4.69) is 21.0 Å². The number of nitrogens with one attached hydrogen (secondary N) is 3. The molecule has 0 radical (unpaired) electrons. The standard InChI is InChI=1S/C32H31N5O4S/c1-32(2,3)41-31(40)34-25-20-37(24-12-8-5-9-13-24)36-29(25)35-30(39)27-18-23-15-14-22(16-26(23)42-27)17-28(38)33-19-21-10-6-4-7-11-21/h4-16,18,20H,17,19H2,1-3H3,(H,33,38)(H,34,40)(H,35,36,39). The van der Waals surface area contributed by atoms with E-state index in [1.54, 1.807) is 37.7 Å². The highest BCUT2D eigenvalue weighted by atomic mass is 32.1. The summed E-state index contributed by atoms with van der Waals surface area (Å²) >= 11 is 1.32. The van der Waals surface area contributed by atoms with Gasteiger partial charge >= 0.3 is 6.09 Å². The van der Waals surface area contributed by atoms with E-state index in [1.807, 2.05) is 78.9 Å². The van der Waals surface area contributed by atoms with Gasteiger partial charge in [-0.2, -0.15) is 0 Å². The number of hydrogen-bond acceptors (Lipinski definition) is 6. The molecule has 5 aromatic rings. The number of thiophene rings is 1. The van der Waals surface area contributed by atoms with Crippen LogP contribution in [-0.4, -0.2) is 33.3 Å². The van der Waals surface area contributed by atoms with Crippen molar-refractivity contribution in [1.82, 2.24) is 15.1 Å². The normalized spacial score (nSPS) is 11.2. The van der Waals surface area contributed by atoms with Crippen LogP contribution < -0.4 is 16.0 Å². The minimum Gasteiger partial charge on any atom is -0.444 e. The molecule has 0 bridgehead atoms. The number of rotatable bonds is 8. The molecule has 0 fully saturated rings. The molecular weight excluding hydrogens is 550 g/mol. The molecule has 0 unspecified atom stereocenters. The molecule has 5 rings (SSSR count). The van der Waals surface area contributed by atoms with E-state index in [0.717, 1.165) is 26.9 Å². The third kappa shape index (κ3) is 7.41. The van der Waals surface area contributed by atoms with E-state index in [-0.39, 0.29) is 24.1 Å². The van der Waals surface area contributed by atoms with Crippen LogP contribution in [-0.2, 0) is 22.5 Å². The molecule has 0 spiro atoms. The molecule has 0 saturated carbocycles. The van der Waals surface area contributed by atoms with Gasteiger partial charge in [-0.3, -0.25) is 14.9 Å². The quantitative estimate of drug-likeness (QED) is 0.192. The number of aromatic nitrogens is 2. The zero-order valence-electron chi connectivity index (χ0n) is 23.5. The number of amides is 3. The van der Waals surface area contributed by atoms with Gasteiger partial charge < -0.3 is 15.4 Å². The largest absolute Gasteiger partial charge is 0.444 e. The van der Waals surface area contributed by atoms with Crippen LogP contribution in [0, 0.1) is 0 Å². The summed E-state index contributed by atoms with van der Waals surface area (Å²) in [6, 6.07) is 26.6. The topological polar surface area (TPSA) is 114 Å². The van der Waals surface area contributed by atoms with Gasteiger partial charge in [-0.25, -0.2) is 9.48 Å². The van der Waals surface area contributed by atoms with E-state index >= 15 is 0 Å². The van der Waals surface area contributed by atoms with Crippen LogP contribution in [0.1, 0.15) is 41.6 Å². The van der Waals surface area contributed by atoms with Crippen molar-refractivity contribution in [2.45, 2.75) is 39.3 Å². The van der Waals surface area contributed by atoms with Gasteiger partial charge in [-0.15, -0.1) is 16.4 Å². The molecule has 2 aromatic heterocycles. The van der Waals surface area contributed by atoms with E-state index in [1.165, 1.54) is 11.3 Å². The summed E-state index contributed by atoms with van der Waals surface area (Å²) in [5.41, 5.74) is 2.25. The van der Waals surface area contributed by atoms with E-state index in [0.29, 0.717) is 17.1 Å². The van der Waals surface area contributed by atoms with Gasteiger partial charge in [0.2, 0.25) is 5.91 Å². The van der Waals surface area contributed by atoms with Gasteiger partial charge in [0, 0.05) is 11.2 Å². The Labute approximate surface area is 247 Å². The van der Waals surface area contributed by atoms with Crippen LogP contribution in [0.15, 0.2) is 91.1 Å². The highest BCUT2D eigenvalue weighted by Gasteiger charge is 2.21. The molecule has 9 nitrogen and oxygen atoms in total. The van der Waals surface area contributed by atoms with Gasteiger partial charge in [-0.05, 0) is 61.5 Å². The molecule has 0 aliphatic heterocycles. The summed E-state index contributed by atoms with van der Waals surface area (Å²) < 4.78 is 7.85. The van der Waals surface area contributed by atoms with Crippen molar-refractivity contribution >= 4 is 50.8 Å². The number of benzene rings is 3. The number of carbonyl (C=O) groups is 3. The number of carbonyl (C=O) groups excluding carboxylic acids is 3. The van der Waals surface area contributed by atoms with Gasteiger partial charge in [0.25, 0.3) is 5.91 Å². The number of para-hydroxylation sites is 1. The Balaban J connectivity index is 1.30. The van der Waals surface area contributed by atoms with E-state index in [4.69, 9.17) is 4.74 Å². The molecular formula is C32H31N5O4S. The van der Waals surface area contributed by atoms with E-state index in [9.17, 15) is 14.4 Å². The minimum atomic E-state index is -0.693. The van der Waals surface area contributed by atoms with Crippen molar-refractivity contribution < 1.29 is 19.1 Å². The van der Waals surface area contributed by atoms with Gasteiger partial charge in [-0.1, -0.05) is 60.7 Å². The molecule has 214 valence electrons. The Morgan fingerprint density at radius 2 is 1.60 bits per heavy atom. The number of fused-ring (bicyclic) bond motifs is 1. The summed E-state index contributed by atoms with van der Waals surface area (Å²) in [5, 5.41) is 13.9. The fourth-order valence-corrected chi connectivity index (χ4v) is 5.22. The molecule has 0 atom stereocenters. The maximum absolute atomic E-state index is 13.3. The number of ether oxygens (including phenoxy) is 1. The van der Waals surface area contributed by atoms with Crippen molar-refractivity contribution in [3.8, 4) is 5.69 Å². The van der Waals surface area contributed by atoms with Crippen molar-refractivity contribution in [3.05, 3.63) is 107 Å². The zero-order valence-corrected chi connectivity index (χ0v) is 24.3. The van der Waals surface area contributed by atoms with Gasteiger partial charge in [0.15, 0.2) is 5.82 Å². The van der Waals surface area contributed by atoms with Crippen LogP contribution in [0.3, 0.4) is 0 Å². The van der Waals surface area contributed by atoms with Crippen molar-refractivity contribution in [1.29, 1.82) is 0 Å². The van der Waals surface area contributed by atoms with Crippen LogP contribution in [0.25, 0.3) is 15.8 Å². The maximum Gasteiger partial charge on any atom is 0.412 e. The van der Waals surface area contributed by atoms with Crippen molar-refractivity contribution in [3.63, 3.8) is 0 Å². The smallest absolute Gasteiger partial charge is 0.412 e. The lowest BCUT2D eigenvalue weighted by atomic mass is 10.1. The van der Waals surface area contributed by atoms with Gasteiger partial charge in [0.05, 0.1) is 23.2 Å². The van der Waals surface area contributed by atoms with Crippen LogP contribution >= 0.6 is 11.3 Å². The molecule has 10 heteroatoms.